The number of hydrogen-bond acceptors (Lipinski definition) is 14. The number of imide groups is 4. The lowest BCUT2D eigenvalue weighted by atomic mass is 9.83. The van der Waals surface area contributed by atoms with Gasteiger partial charge in [0.1, 0.15) is 23.0 Å². The number of benzene rings is 4. The molecule has 4 aromatic carbocycles. The summed E-state index contributed by atoms with van der Waals surface area (Å²) in [6, 6.07) is 4.12. The lowest BCUT2D eigenvalue weighted by Crippen LogP contribution is -2.54. The van der Waals surface area contributed by atoms with Crippen molar-refractivity contribution in [1.29, 1.82) is 0 Å². The first-order chi connectivity index (χ1) is 45.5. The zero-order valence-corrected chi connectivity index (χ0v) is 56.8. The Bertz CT molecular complexity index is 3310. The van der Waals surface area contributed by atoms with E-state index in [1.54, 1.807) is 27.7 Å². The van der Waals surface area contributed by atoms with Crippen LogP contribution in [0.25, 0.3) is 21.5 Å². The van der Waals surface area contributed by atoms with Gasteiger partial charge in [0, 0.05) is 71.6 Å². The molecule has 0 unspecified atom stereocenters. The van der Waals surface area contributed by atoms with Gasteiger partial charge in [0.2, 0.25) is 11.8 Å². The van der Waals surface area contributed by atoms with E-state index in [0.717, 1.165) is 125 Å². The summed E-state index contributed by atoms with van der Waals surface area (Å²) in [6.07, 6.45) is 20.0. The minimum absolute atomic E-state index is 0.00620. The molecule has 1 aliphatic carbocycles. The van der Waals surface area contributed by atoms with Gasteiger partial charge in [-0.2, -0.15) is 0 Å². The minimum Gasteiger partial charge on any atom is -0.493 e. The molecular formula is C74H98N6O14. The summed E-state index contributed by atoms with van der Waals surface area (Å²) in [5.74, 6) is -5.62. The molecule has 10 amide bonds. The average molecular weight is 1300 g/mol. The largest absolute Gasteiger partial charge is 0.493 e. The number of carbonyl (C=O) groups excluding carboxylic acids is 10. The van der Waals surface area contributed by atoms with Crippen LogP contribution in [0, 0.1) is 0 Å². The smallest absolute Gasteiger partial charge is 0.265 e. The van der Waals surface area contributed by atoms with Gasteiger partial charge in [-0.1, -0.05) is 143 Å². The van der Waals surface area contributed by atoms with Crippen LogP contribution in [0.15, 0.2) is 24.3 Å². The van der Waals surface area contributed by atoms with E-state index in [2.05, 4.69) is 38.3 Å². The second kappa shape index (κ2) is 32.5. The highest BCUT2D eigenvalue weighted by atomic mass is 16.5. The summed E-state index contributed by atoms with van der Waals surface area (Å²) in [5, 5.41) is 6.70. The quantitative estimate of drug-likeness (QED) is 0.0313. The number of hydrogen-bond donors (Lipinski definition) is 2. The van der Waals surface area contributed by atoms with Gasteiger partial charge in [0.25, 0.3) is 47.3 Å². The number of carbonyl (C=O) groups is 10. The summed E-state index contributed by atoms with van der Waals surface area (Å²) in [7, 11) is 0. The van der Waals surface area contributed by atoms with Crippen LogP contribution in [0.1, 0.15) is 305 Å². The van der Waals surface area contributed by atoms with Gasteiger partial charge in [-0.25, -0.2) is 0 Å². The van der Waals surface area contributed by atoms with Crippen molar-refractivity contribution in [2.24, 2.45) is 0 Å². The number of ether oxygens (including phenoxy) is 4. The predicted octanol–water partition coefficient (Wildman–Crippen LogP) is 13.6. The molecule has 20 heteroatoms. The SMILES string of the molecule is CCCCCCC(CCCCCC)N1C(=O)c2cc(OCC)c3c4c(cc(OCC)c(c24)C1=O)C(=O)N(CCC(=O)N[C@@H]1CCCC[C@H]1NC(=O)CCN1C(=O)c2cc(OCC)c4c5c(cc(OCC)c(c25)C1=O)C(=O)N(C(CCCCCC)CCCCCC)C4=O)C3=O. The molecule has 0 bridgehead atoms. The Morgan fingerprint density at radius 2 is 0.660 bits per heavy atom. The molecule has 508 valence electrons. The molecule has 4 aliphatic heterocycles. The molecule has 0 aromatic heterocycles. The van der Waals surface area contributed by atoms with Gasteiger partial charge >= 0.3 is 0 Å². The first kappa shape index (κ1) is 70.4. The third-order valence-corrected chi connectivity index (χ3v) is 19.4. The second-order valence-corrected chi connectivity index (χ2v) is 25.7. The molecule has 0 spiro atoms. The van der Waals surface area contributed by atoms with Gasteiger partial charge in [-0.05, 0) is 90.5 Å². The first-order valence-electron chi connectivity index (χ1n) is 35.5. The lowest BCUT2D eigenvalue weighted by molar-refractivity contribution is -0.125. The molecule has 0 radical (unpaired) electrons. The predicted molar refractivity (Wildman–Crippen MR) is 358 cm³/mol. The van der Waals surface area contributed by atoms with Crippen LogP contribution in [0.2, 0.25) is 0 Å². The molecule has 4 aromatic rings. The van der Waals surface area contributed by atoms with Gasteiger partial charge in [0.05, 0.1) is 70.9 Å². The van der Waals surface area contributed by atoms with E-state index in [1.165, 1.54) is 34.1 Å². The molecule has 0 saturated heterocycles. The zero-order valence-electron chi connectivity index (χ0n) is 56.8. The van der Waals surface area contributed by atoms with Crippen LogP contribution < -0.4 is 29.6 Å². The van der Waals surface area contributed by atoms with Crippen molar-refractivity contribution in [3.63, 3.8) is 0 Å². The molecule has 9 rings (SSSR count). The van der Waals surface area contributed by atoms with Gasteiger partial charge in [-0.15, -0.1) is 0 Å². The van der Waals surface area contributed by atoms with Crippen molar-refractivity contribution in [2.45, 2.75) is 246 Å². The van der Waals surface area contributed by atoms with Crippen molar-refractivity contribution in [1.82, 2.24) is 30.2 Å². The Balaban J connectivity index is 0.903. The summed E-state index contributed by atoms with van der Waals surface area (Å²) in [5.41, 5.74) is 0.625. The number of rotatable bonds is 38. The maximum absolute atomic E-state index is 15.0. The van der Waals surface area contributed by atoms with Crippen molar-refractivity contribution < 1.29 is 66.9 Å². The summed E-state index contributed by atoms with van der Waals surface area (Å²) in [4.78, 5) is 152. The number of nitrogens with one attached hydrogen (secondary N) is 2. The van der Waals surface area contributed by atoms with Gasteiger partial charge < -0.3 is 29.6 Å². The molecular weight excluding hydrogens is 1200 g/mol. The molecule has 1 saturated carbocycles. The highest BCUT2D eigenvalue weighted by Gasteiger charge is 2.48. The van der Waals surface area contributed by atoms with Crippen LogP contribution in [0.5, 0.6) is 23.0 Å². The molecule has 2 atom stereocenters. The van der Waals surface area contributed by atoms with E-state index < -0.39 is 71.2 Å². The van der Waals surface area contributed by atoms with Crippen LogP contribution >= 0.6 is 0 Å². The normalized spacial score (nSPS) is 16.8. The topological polar surface area (TPSA) is 245 Å². The summed E-state index contributed by atoms with van der Waals surface area (Å²) < 4.78 is 24.6. The first-order valence-corrected chi connectivity index (χ1v) is 35.5. The van der Waals surface area contributed by atoms with Crippen LogP contribution in [0.4, 0.5) is 0 Å². The Labute approximate surface area is 553 Å². The van der Waals surface area contributed by atoms with E-state index in [0.29, 0.717) is 38.5 Å². The Kier molecular flexibility index (Phi) is 24.3. The van der Waals surface area contributed by atoms with Crippen LogP contribution in [-0.4, -0.2) is 142 Å². The number of amides is 10. The monoisotopic (exact) mass is 1290 g/mol. The Morgan fingerprint density at radius 3 is 0.936 bits per heavy atom. The molecule has 2 N–H and O–H groups in total. The maximum Gasteiger partial charge on any atom is 0.265 e. The fourth-order valence-corrected chi connectivity index (χ4v) is 14.8. The Morgan fingerprint density at radius 1 is 0.383 bits per heavy atom. The highest BCUT2D eigenvalue weighted by molar-refractivity contribution is 6.36. The van der Waals surface area contributed by atoms with Crippen LogP contribution in [-0.2, 0) is 9.59 Å². The summed E-state index contributed by atoms with van der Waals surface area (Å²) in [6.45, 7) is 15.4. The van der Waals surface area contributed by atoms with E-state index in [-0.39, 0.29) is 153 Å². The third-order valence-electron chi connectivity index (χ3n) is 19.4. The fraction of sp³-hybridized carbons (Fsp3) is 0.595. The van der Waals surface area contributed by atoms with E-state index in [4.69, 9.17) is 18.9 Å². The lowest BCUT2D eigenvalue weighted by Gasteiger charge is -2.37. The zero-order chi connectivity index (χ0) is 67.3. The standard InChI is InChI=1S/C74H98N6O14/c1-9-17-21-25-31-45(32-26-22-18-10-2)79-69(85)49-43-53(91-13-5)63-59-47(41-55(93-15-7)65(61(49)59)73(79)89)67(83)77(71(63)87)39-37-57(81)75-51-35-29-30-36-52(51)76-58(82)38-40-78-68(84)48-42-56(94-16-8)66-62-50(44-54(92-14-6)64(60(48)62)72(78)88)70(86)80(74(66)90)46(33-27-23-19-11-3)34-28-24-20-12-4/h41-46,51-52H,9-40H2,1-8H3,(H,75,81)(H,76,82)/t51-,52-/m1/s1. The van der Waals surface area contributed by atoms with E-state index in [9.17, 15) is 47.9 Å². The number of nitrogens with zero attached hydrogens (tertiary/aromatic N) is 4. The minimum atomic E-state index is -0.745. The number of unbranched alkanes of at least 4 members (excludes halogenated alkanes) is 12. The van der Waals surface area contributed by atoms with Crippen molar-refractivity contribution in [3.8, 4) is 23.0 Å². The van der Waals surface area contributed by atoms with Crippen LogP contribution in [0.3, 0.4) is 0 Å². The second-order valence-electron chi connectivity index (χ2n) is 25.7. The molecule has 20 nitrogen and oxygen atoms in total. The molecule has 5 aliphatic rings. The molecule has 94 heavy (non-hydrogen) atoms. The highest BCUT2D eigenvalue weighted by Crippen LogP contribution is 2.49. The van der Waals surface area contributed by atoms with Gasteiger partial charge in [0.15, 0.2) is 0 Å². The maximum atomic E-state index is 15.0. The summed E-state index contributed by atoms with van der Waals surface area (Å²) >= 11 is 0. The van der Waals surface area contributed by atoms with Gasteiger partial charge in [-0.3, -0.25) is 67.5 Å². The molecule has 4 heterocycles. The van der Waals surface area contributed by atoms with E-state index >= 15 is 0 Å². The Hall–Kier alpha value is -7.90. The van der Waals surface area contributed by atoms with Crippen molar-refractivity contribution in [2.75, 3.05) is 39.5 Å². The van der Waals surface area contributed by atoms with Crippen molar-refractivity contribution >= 4 is 80.6 Å². The average Bonchev–Trinajstić information content (AvgIpc) is 0.707. The molecule has 1 fully saturated rings. The van der Waals surface area contributed by atoms with Crippen molar-refractivity contribution in [3.05, 3.63) is 68.8 Å². The third kappa shape index (κ3) is 14.4. The fourth-order valence-electron chi connectivity index (χ4n) is 14.8. The van der Waals surface area contributed by atoms with E-state index in [1.807, 2.05) is 0 Å².